The number of anilines is 1. The molecule has 2 N–H and O–H groups in total. The fourth-order valence-corrected chi connectivity index (χ4v) is 1.21. The molecule has 0 radical (unpaired) electrons. The van der Waals surface area contributed by atoms with Gasteiger partial charge in [-0.25, -0.2) is 9.18 Å². The molecule has 0 spiro atoms. The van der Waals surface area contributed by atoms with Crippen molar-refractivity contribution in [2.45, 2.75) is 6.42 Å². The summed E-state index contributed by atoms with van der Waals surface area (Å²) in [7, 11) is 3.23. The lowest BCUT2D eigenvalue weighted by atomic mass is 10.2. The molecule has 0 heterocycles. The minimum atomic E-state index is -0.631. The minimum Gasteiger partial charge on any atom is -0.462 e. The Bertz CT molecular complexity index is 461. The number of carbonyl (C=O) groups excluding carboxylic acids is 2. The Labute approximate surface area is 104 Å². The van der Waals surface area contributed by atoms with E-state index in [2.05, 4.69) is 0 Å². The number of carbonyl (C=O) groups is 2. The van der Waals surface area contributed by atoms with Crippen molar-refractivity contribution in [3.05, 3.63) is 29.6 Å². The number of hydrogen-bond donors (Lipinski definition) is 1. The first-order valence-electron chi connectivity index (χ1n) is 5.34. The van der Waals surface area contributed by atoms with E-state index in [1.807, 2.05) is 0 Å². The molecule has 18 heavy (non-hydrogen) atoms. The SMILES string of the molecule is CN(C)C(=O)CCOC(=O)c1ccc(F)c(N)c1. The van der Waals surface area contributed by atoms with Crippen molar-refractivity contribution in [2.24, 2.45) is 0 Å². The fourth-order valence-electron chi connectivity index (χ4n) is 1.21. The van der Waals surface area contributed by atoms with Crippen LogP contribution in [0.4, 0.5) is 10.1 Å². The molecule has 0 aliphatic heterocycles. The van der Waals surface area contributed by atoms with Crippen LogP contribution in [0.15, 0.2) is 18.2 Å². The van der Waals surface area contributed by atoms with Gasteiger partial charge in [0.25, 0.3) is 0 Å². The van der Waals surface area contributed by atoms with E-state index >= 15 is 0 Å². The topological polar surface area (TPSA) is 72.6 Å². The number of amides is 1. The lowest BCUT2D eigenvalue weighted by molar-refractivity contribution is -0.129. The highest BCUT2D eigenvalue weighted by Crippen LogP contribution is 2.13. The Morgan fingerprint density at radius 2 is 2.06 bits per heavy atom. The van der Waals surface area contributed by atoms with Crippen molar-refractivity contribution in [1.82, 2.24) is 4.90 Å². The first-order chi connectivity index (χ1) is 8.41. The molecule has 5 nitrogen and oxygen atoms in total. The van der Waals surface area contributed by atoms with E-state index in [9.17, 15) is 14.0 Å². The Kier molecular flexibility index (Phi) is 4.65. The van der Waals surface area contributed by atoms with Crippen LogP contribution >= 0.6 is 0 Å². The molecule has 0 saturated heterocycles. The van der Waals surface area contributed by atoms with Crippen LogP contribution in [0.25, 0.3) is 0 Å². The van der Waals surface area contributed by atoms with Crippen LogP contribution in [0, 0.1) is 5.82 Å². The first-order valence-corrected chi connectivity index (χ1v) is 5.34. The average molecular weight is 254 g/mol. The smallest absolute Gasteiger partial charge is 0.338 e. The van der Waals surface area contributed by atoms with Gasteiger partial charge in [-0.3, -0.25) is 4.79 Å². The molecule has 1 aromatic carbocycles. The monoisotopic (exact) mass is 254 g/mol. The quantitative estimate of drug-likeness (QED) is 0.643. The summed E-state index contributed by atoms with van der Waals surface area (Å²) in [6.45, 7) is -0.0207. The fraction of sp³-hybridized carbons (Fsp3) is 0.333. The summed E-state index contributed by atoms with van der Waals surface area (Å²) in [4.78, 5) is 24.2. The predicted molar refractivity (Wildman–Crippen MR) is 64.4 cm³/mol. The van der Waals surface area contributed by atoms with Crippen molar-refractivity contribution in [1.29, 1.82) is 0 Å². The van der Waals surface area contributed by atoms with Gasteiger partial charge in [0.2, 0.25) is 5.91 Å². The van der Waals surface area contributed by atoms with Crippen molar-refractivity contribution in [3.63, 3.8) is 0 Å². The third-order valence-corrected chi connectivity index (χ3v) is 2.28. The molecule has 0 atom stereocenters. The second-order valence-corrected chi connectivity index (χ2v) is 3.91. The summed E-state index contributed by atoms with van der Waals surface area (Å²) >= 11 is 0. The number of rotatable bonds is 4. The number of esters is 1. The van der Waals surface area contributed by atoms with E-state index in [0.717, 1.165) is 6.07 Å². The number of nitrogens with two attached hydrogens (primary N) is 1. The van der Waals surface area contributed by atoms with Crippen LogP contribution in [0.3, 0.4) is 0 Å². The van der Waals surface area contributed by atoms with Crippen molar-refractivity contribution < 1.29 is 18.7 Å². The Morgan fingerprint density at radius 3 is 2.61 bits per heavy atom. The first kappa shape index (κ1) is 14.0. The number of halogens is 1. The molecular weight excluding hydrogens is 239 g/mol. The molecule has 0 aromatic heterocycles. The summed E-state index contributed by atoms with van der Waals surface area (Å²) in [5.74, 6) is -1.36. The summed E-state index contributed by atoms with van der Waals surface area (Å²) < 4.78 is 17.8. The van der Waals surface area contributed by atoms with Gasteiger partial charge in [-0.15, -0.1) is 0 Å². The van der Waals surface area contributed by atoms with E-state index in [0.29, 0.717) is 0 Å². The number of hydrogen-bond acceptors (Lipinski definition) is 4. The molecular formula is C12H15FN2O3. The predicted octanol–water partition coefficient (Wildman–Crippen LogP) is 1.04. The van der Waals surface area contributed by atoms with Gasteiger partial charge in [-0.05, 0) is 18.2 Å². The minimum absolute atomic E-state index is 0.0207. The van der Waals surface area contributed by atoms with E-state index in [1.165, 1.54) is 17.0 Å². The van der Waals surface area contributed by atoms with Crippen molar-refractivity contribution >= 4 is 17.6 Å². The summed E-state index contributed by atoms with van der Waals surface area (Å²) in [6.07, 6.45) is 0.107. The van der Waals surface area contributed by atoms with Gasteiger partial charge in [0.1, 0.15) is 12.4 Å². The molecule has 1 amide bonds. The molecule has 6 heteroatoms. The highest BCUT2D eigenvalue weighted by atomic mass is 19.1. The number of ether oxygens (including phenoxy) is 1. The van der Waals surface area contributed by atoms with E-state index < -0.39 is 11.8 Å². The van der Waals surface area contributed by atoms with Crippen molar-refractivity contribution in [2.75, 3.05) is 26.4 Å². The number of nitrogens with zero attached hydrogens (tertiary/aromatic N) is 1. The van der Waals surface area contributed by atoms with Crippen LogP contribution in [0.5, 0.6) is 0 Å². The Balaban J connectivity index is 2.50. The summed E-state index contributed by atoms with van der Waals surface area (Å²) in [5, 5.41) is 0. The zero-order valence-electron chi connectivity index (χ0n) is 10.3. The Hall–Kier alpha value is -2.11. The van der Waals surface area contributed by atoms with Crippen LogP contribution in [-0.4, -0.2) is 37.5 Å². The van der Waals surface area contributed by atoms with Crippen LogP contribution in [-0.2, 0) is 9.53 Å². The highest BCUT2D eigenvalue weighted by Gasteiger charge is 2.11. The van der Waals surface area contributed by atoms with Gasteiger partial charge in [0.15, 0.2) is 0 Å². The standard InChI is InChI=1S/C12H15FN2O3/c1-15(2)11(16)5-6-18-12(17)8-3-4-9(13)10(14)7-8/h3-4,7H,5-6,14H2,1-2H3. The maximum Gasteiger partial charge on any atom is 0.338 e. The van der Waals surface area contributed by atoms with Gasteiger partial charge < -0.3 is 15.4 Å². The molecule has 0 aliphatic carbocycles. The number of nitrogen functional groups attached to an aromatic ring is 1. The van der Waals surface area contributed by atoms with Gasteiger partial charge >= 0.3 is 5.97 Å². The summed E-state index contributed by atoms with van der Waals surface area (Å²) in [6, 6.07) is 3.57. The second-order valence-electron chi connectivity index (χ2n) is 3.91. The summed E-state index contributed by atoms with van der Waals surface area (Å²) in [5.41, 5.74) is 5.37. The molecule has 0 saturated carbocycles. The van der Waals surface area contributed by atoms with Gasteiger partial charge in [-0.1, -0.05) is 0 Å². The normalized spacial score (nSPS) is 9.94. The molecule has 1 aromatic rings. The van der Waals surface area contributed by atoms with Crippen LogP contribution < -0.4 is 5.73 Å². The molecule has 1 rings (SSSR count). The third-order valence-electron chi connectivity index (χ3n) is 2.28. The van der Waals surface area contributed by atoms with Crippen LogP contribution in [0.2, 0.25) is 0 Å². The Morgan fingerprint density at radius 1 is 1.39 bits per heavy atom. The largest absolute Gasteiger partial charge is 0.462 e. The average Bonchev–Trinajstić information content (AvgIpc) is 2.32. The maximum absolute atomic E-state index is 12.9. The van der Waals surface area contributed by atoms with E-state index in [1.54, 1.807) is 14.1 Å². The van der Waals surface area contributed by atoms with Gasteiger partial charge in [0.05, 0.1) is 17.7 Å². The third kappa shape index (κ3) is 3.73. The lowest BCUT2D eigenvalue weighted by Crippen LogP contribution is -2.23. The molecule has 0 fully saturated rings. The van der Waals surface area contributed by atoms with Gasteiger partial charge in [-0.2, -0.15) is 0 Å². The maximum atomic E-state index is 12.9. The zero-order valence-corrected chi connectivity index (χ0v) is 10.3. The molecule has 0 aliphatic rings. The second kappa shape index (κ2) is 6.00. The lowest BCUT2D eigenvalue weighted by Gasteiger charge is -2.10. The molecule has 98 valence electrons. The van der Waals surface area contributed by atoms with Crippen molar-refractivity contribution in [3.8, 4) is 0 Å². The van der Waals surface area contributed by atoms with E-state index in [-0.39, 0.29) is 30.2 Å². The molecule has 0 bridgehead atoms. The number of benzene rings is 1. The zero-order chi connectivity index (χ0) is 13.7. The van der Waals surface area contributed by atoms with Crippen LogP contribution in [0.1, 0.15) is 16.8 Å². The molecule has 0 unspecified atom stereocenters. The highest BCUT2D eigenvalue weighted by molar-refractivity contribution is 5.90. The van der Waals surface area contributed by atoms with E-state index in [4.69, 9.17) is 10.5 Å². The van der Waals surface area contributed by atoms with Gasteiger partial charge in [0, 0.05) is 14.1 Å².